The van der Waals surface area contributed by atoms with Crippen LogP contribution in [0, 0.1) is 11.8 Å². The number of ether oxygens (including phenoxy) is 2. The number of nitrogens with one attached hydrogen (secondary N) is 1. The zero-order valence-corrected chi connectivity index (χ0v) is 13.8. The Morgan fingerprint density at radius 2 is 1.42 bits per heavy atom. The van der Waals surface area contributed by atoms with E-state index in [0.29, 0.717) is 0 Å². The quantitative estimate of drug-likeness (QED) is 0.330. The molecule has 0 heterocycles. The van der Waals surface area contributed by atoms with Crippen LogP contribution in [-0.2, 0) is 23.6 Å². The number of hydroxylamine groups is 1. The molecule has 6 nitrogen and oxygen atoms in total. The van der Waals surface area contributed by atoms with Gasteiger partial charge in [0.1, 0.15) is 0 Å². The largest absolute Gasteiger partial charge is 0.468 e. The minimum atomic E-state index is -1.82. The third kappa shape index (κ3) is 6.17. The molecule has 0 bridgehead atoms. The molecule has 0 aliphatic carbocycles. The van der Waals surface area contributed by atoms with Gasteiger partial charge in [-0.05, 0) is 25.6 Å². The van der Waals surface area contributed by atoms with Crippen LogP contribution in [0.5, 0.6) is 0 Å². The Balaban J connectivity index is 5.07. The summed E-state index contributed by atoms with van der Waals surface area (Å²) in [6.45, 7) is 9.79. The van der Waals surface area contributed by atoms with Crippen molar-refractivity contribution in [1.82, 2.24) is 5.48 Å². The van der Waals surface area contributed by atoms with E-state index in [4.69, 9.17) is 4.53 Å². The molecule has 1 atom stereocenters. The first-order valence-corrected chi connectivity index (χ1v) is 9.64. The summed E-state index contributed by atoms with van der Waals surface area (Å²) in [6, 6.07) is -0.494. The van der Waals surface area contributed by atoms with E-state index in [2.05, 4.69) is 15.0 Å². The van der Waals surface area contributed by atoms with Crippen molar-refractivity contribution in [2.45, 2.75) is 39.5 Å². The molecule has 112 valence electrons. The highest BCUT2D eigenvalue weighted by molar-refractivity contribution is 6.69. The maximum absolute atomic E-state index is 11.8. The number of carbonyl (C=O) groups excluding carboxylic acids is 2. The Labute approximate surface area is 115 Å². The van der Waals surface area contributed by atoms with Crippen LogP contribution < -0.4 is 5.48 Å². The van der Waals surface area contributed by atoms with Gasteiger partial charge in [0.05, 0.1) is 20.3 Å². The first-order valence-electron chi connectivity index (χ1n) is 6.23. The van der Waals surface area contributed by atoms with Crippen LogP contribution in [-0.4, -0.2) is 40.5 Å². The van der Waals surface area contributed by atoms with E-state index in [9.17, 15) is 9.59 Å². The van der Waals surface area contributed by atoms with Crippen LogP contribution in [0.25, 0.3) is 0 Å². The fraction of sp³-hybridized carbons (Fsp3) is 0.833. The van der Waals surface area contributed by atoms with Crippen molar-refractivity contribution in [3.8, 4) is 0 Å². The number of methoxy groups -OCH3 is 2. The fourth-order valence-electron chi connectivity index (χ4n) is 1.48. The molecule has 0 aromatic carbocycles. The van der Waals surface area contributed by atoms with Crippen LogP contribution in [0.15, 0.2) is 0 Å². The van der Waals surface area contributed by atoms with Crippen LogP contribution in [0.3, 0.4) is 0 Å². The zero-order chi connectivity index (χ0) is 15.2. The molecule has 0 rings (SSSR count). The highest BCUT2D eigenvalue weighted by atomic mass is 28.4. The van der Waals surface area contributed by atoms with E-state index in [0.717, 1.165) is 0 Å². The predicted octanol–water partition coefficient (Wildman–Crippen LogP) is 1.33. The van der Waals surface area contributed by atoms with Crippen molar-refractivity contribution in [2.75, 3.05) is 14.2 Å². The molecule has 0 aromatic rings. The predicted molar refractivity (Wildman–Crippen MR) is 73.7 cm³/mol. The van der Waals surface area contributed by atoms with Gasteiger partial charge < -0.3 is 14.0 Å². The summed E-state index contributed by atoms with van der Waals surface area (Å²) in [5, 5.41) is 0. The molecule has 1 N–H and O–H groups in total. The monoisotopic (exact) mass is 291 g/mol. The molecule has 0 saturated carbocycles. The average Bonchev–Trinajstić information content (AvgIpc) is 2.30. The van der Waals surface area contributed by atoms with Crippen molar-refractivity contribution in [1.29, 1.82) is 0 Å². The highest BCUT2D eigenvalue weighted by Gasteiger charge is 2.39. The van der Waals surface area contributed by atoms with Gasteiger partial charge >= 0.3 is 11.9 Å². The summed E-state index contributed by atoms with van der Waals surface area (Å²) >= 11 is 0. The van der Waals surface area contributed by atoms with E-state index in [1.165, 1.54) is 14.2 Å². The number of carbonyl (C=O) groups is 2. The lowest BCUT2D eigenvalue weighted by Gasteiger charge is -2.30. The van der Waals surface area contributed by atoms with Crippen LogP contribution in [0.1, 0.15) is 13.8 Å². The fourth-order valence-corrected chi connectivity index (χ4v) is 1.97. The van der Waals surface area contributed by atoms with Gasteiger partial charge in [-0.1, -0.05) is 13.8 Å². The number of esters is 2. The van der Waals surface area contributed by atoms with E-state index in [1.807, 2.05) is 33.5 Å². The minimum absolute atomic E-state index is 0.000417. The Bertz CT molecular complexity index is 298. The highest BCUT2D eigenvalue weighted by Crippen LogP contribution is 2.17. The summed E-state index contributed by atoms with van der Waals surface area (Å²) in [6.07, 6.45) is 0. The van der Waals surface area contributed by atoms with Crippen LogP contribution in [0.4, 0.5) is 0 Å². The summed E-state index contributed by atoms with van der Waals surface area (Å²) in [7, 11) is 0.673. The molecule has 7 heteroatoms. The van der Waals surface area contributed by atoms with Crippen molar-refractivity contribution >= 4 is 20.3 Å². The lowest BCUT2D eigenvalue weighted by molar-refractivity contribution is -0.162. The molecule has 0 aliphatic rings. The third-order valence-electron chi connectivity index (χ3n) is 2.49. The molecule has 0 aliphatic heterocycles. The van der Waals surface area contributed by atoms with Gasteiger partial charge in [-0.25, -0.2) is 5.48 Å². The molecule has 0 aromatic heterocycles. The summed E-state index contributed by atoms with van der Waals surface area (Å²) in [4.78, 5) is 23.6. The van der Waals surface area contributed by atoms with Gasteiger partial charge in [0.25, 0.3) is 0 Å². The van der Waals surface area contributed by atoms with Gasteiger partial charge in [0.2, 0.25) is 8.32 Å². The second kappa shape index (κ2) is 7.61. The number of hydrogen-bond donors (Lipinski definition) is 1. The SMILES string of the molecule is COC(=O)C(C(=O)OC)C(NO[Si](C)(C)C)C(C)C. The molecule has 0 saturated heterocycles. The summed E-state index contributed by atoms with van der Waals surface area (Å²) in [5.74, 6) is -2.29. The minimum Gasteiger partial charge on any atom is -0.468 e. The molecule has 0 fully saturated rings. The normalized spacial score (nSPS) is 13.5. The summed E-state index contributed by atoms with van der Waals surface area (Å²) in [5.41, 5.74) is 2.85. The number of rotatable bonds is 7. The first-order chi connectivity index (χ1) is 8.64. The van der Waals surface area contributed by atoms with E-state index in [-0.39, 0.29) is 5.92 Å². The van der Waals surface area contributed by atoms with Crippen molar-refractivity contribution in [2.24, 2.45) is 11.8 Å². The Kier molecular flexibility index (Phi) is 7.24. The second-order valence-corrected chi connectivity index (χ2v) is 10.1. The maximum Gasteiger partial charge on any atom is 0.321 e. The smallest absolute Gasteiger partial charge is 0.321 e. The lowest BCUT2D eigenvalue weighted by Crippen LogP contribution is -2.51. The molecule has 19 heavy (non-hydrogen) atoms. The van der Waals surface area contributed by atoms with Crippen molar-refractivity contribution < 1.29 is 23.6 Å². The van der Waals surface area contributed by atoms with Crippen molar-refractivity contribution in [3.05, 3.63) is 0 Å². The Hall–Kier alpha value is -0.923. The standard InChI is InChI=1S/C12H25NO5Si/c1-8(2)10(13-18-19(5,6)7)9(11(14)16-3)12(15)17-4/h8-10,13H,1-7H3. The van der Waals surface area contributed by atoms with Gasteiger partial charge in [0, 0.05) is 0 Å². The third-order valence-corrected chi connectivity index (χ3v) is 3.22. The van der Waals surface area contributed by atoms with Gasteiger partial charge in [-0.2, -0.15) is 0 Å². The van der Waals surface area contributed by atoms with E-state index >= 15 is 0 Å². The zero-order valence-electron chi connectivity index (χ0n) is 12.8. The number of hydrogen-bond acceptors (Lipinski definition) is 6. The van der Waals surface area contributed by atoms with Crippen LogP contribution in [0.2, 0.25) is 19.6 Å². The first kappa shape index (κ1) is 18.1. The Morgan fingerprint density at radius 3 is 1.68 bits per heavy atom. The van der Waals surface area contributed by atoms with Crippen molar-refractivity contribution in [3.63, 3.8) is 0 Å². The Morgan fingerprint density at radius 1 is 1.00 bits per heavy atom. The van der Waals surface area contributed by atoms with E-state index < -0.39 is 32.2 Å². The molecule has 0 amide bonds. The molecular weight excluding hydrogens is 266 g/mol. The second-order valence-electron chi connectivity index (χ2n) is 5.63. The topological polar surface area (TPSA) is 73.9 Å². The molecular formula is C12H25NO5Si. The maximum atomic E-state index is 11.8. The average molecular weight is 291 g/mol. The van der Waals surface area contributed by atoms with Crippen LogP contribution >= 0.6 is 0 Å². The summed E-state index contributed by atoms with van der Waals surface area (Å²) < 4.78 is 14.9. The van der Waals surface area contributed by atoms with E-state index in [1.54, 1.807) is 0 Å². The van der Waals surface area contributed by atoms with Gasteiger partial charge in [0.15, 0.2) is 5.92 Å². The van der Waals surface area contributed by atoms with Gasteiger partial charge in [-0.3, -0.25) is 9.59 Å². The molecule has 0 spiro atoms. The van der Waals surface area contributed by atoms with Gasteiger partial charge in [-0.15, -0.1) is 0 Å². The molecule has 0 radical (unpaired) electrons. The molecule has 1 unspecified atom stereocenters. The lowest BCUT2D eigenvalue weighted by atomic mass is 9.91.